The number of likely N-dealkylation sites (N-methyl/N-ethyl adjacent to an activating group) is 1. The minimum absolute atomic E-state index is 0.00897. The summed E-state index contributed by atoms with van der Waals surface area (Å²) in [6.07, 6.45) is 69.8. The van der Waals surface area contributed by atoms with Gasteiger partial charge in [0.25, 0.3) is 7.82 Å². The highest BCUT2D eigenvalue weighted by Gasteiger charge is 2.23. The Kier molecular flexibility index (Phi) is 49.3. The number of allylic oxidation sites excluding steroid dienone is 11. The summed E-state index contributed by atoms with van der Waals surface area (Å²) < 4.78 is 23.3. The van der Waals surface area contributed by atoms with Gasteiger partial charge >= 0.3 is 0 Å². The number of carbonyl (C=O) groups is 1. The van der Waals surface area contributed by atoms with Crippen molar-refractivity contribution in [2.75, 3.05) is 40.9 Å². The molecule has 69 heavy (non-hydrogen) atoms. The second-order valence-corrected chi connectivity index (χ2v) is 22.0. The molecule has 0 aliphatic heterocycles. The predicted octanol–water partition coefficient (Wildman–Crippen LogP) is 16.9. The summed E-state index contributed by atoms with van der Waals surface area (Å²) in [5.74, 6) is -0.210. The van der Waals surface area contributed by atoms with E-state index in [2.05, 4.69) is 79.9 Å². The highest BCUT2D eigenvalue weighted by atomic mass is 31.2. The molecule has 0 aliphatic carbocycles. The summed E-state index contributed by atoms with van der Waals surface area (Å²) in [7, 11) is 1.24. The molecule has 0 fully saturated rings. The maximum absolute atomic E-state index is 13.0. The first kappa shape index (κ1) is 66.9. The van der Waals surface area contributed by atoms with Crippen LogP contribution in [-0.4, -0.2) is 68.5 Å². The number of carbonyl (C=O) groups excluding carboxylic acids is 1. The monoisotopic (exact) mass is 987 g/mol. The fourth-order valence-electron chi connectivity index (χ4n) is 8.16. The van der Waals surface area contributed by atoms with Crippen LogP contribution in [0.25, 0.3) is 0 Å². The number of hydrogen-bond donors (Lipinski definition) is 2. The highest BCUT2D eigenvalue weighted by Crippen LogP contribution is 2.38. The Labute approximate surface area is 427 Å². The molecule has 0 aliphatic rings. The van der Waals surface area contributed by atoms with Crippen LogP contribution in [0.1, 0.15) is 251 Å². The molecule has 0 heterocycles. The zero-order valence-corrected chi connectivity index (χ0v) is 46.6. The molecule has 8 nitrogen and oxygen atoms in total. The van der Waals surface area contributed by atoms with Crippen molar-refractivity contribution in [1.82, 2.24) is 5.32 Å². The molecule has 0 aromatic rings. The Bertz CT molecular complexity index is 1350. The van der Waals surface area contributed by atoms with E-state index in [1.807, 2.05) is 27.2 Å². The molecule has 0 rings (SSSR count). The van der Waals surface area contributed by atoms with Gasteiger partial charge in [0.05, 0.1) is 39.9 Å². The summed E-state index contributed by atoms with van der Waals surface area (Å²) in [5, 5.41) is 13.9. The van der Waals surface area contributed by atoms with Gasteiger partial charge in [-0.05, 0) is 70.6 Å². The van der Waals surface area contributed by atoms with Crippen LogP contribution in [0, 0.1) is 0 Å². The zero-order chi connectivity index (χ0) is 50.6. The van der Waals surface area contributed by atoms with E-state index in [9.17, 15) is 19.4 Å². The normalized spacial score (nSPS) is 14.5. The number of amides is 1. The minimum Gasteiger partial charge on any atom is -0.756 e. The summed E-state index contributed by atoms with van der Waals surface area (Å²) >= 11 is 0. The van der Waals surface area contributed by atoms with Gasteiger partial charge in [0.1, 0.15) is 13.2 Å². The largest absolute Gasteiger partial charge is 0.756 e. The smallest absolute Gasteiger partial charge is 0.268 e. The van der Waals surface area contributed by atoms with Crippen molar-refractivity contribution in [3.05, 3.63) is 72.9 Å². The number of nitrogens with one attached hydrogen (secondary N) is 1. The average molecular weight is 988 g/mol. The molecule has 0 aromatic heterocycles. The summed E-state index contributed by atoms with van der Waals surface area (Å²) in [4.78, 5) is 25.5. The molecule has 1 amide bonds. The number of hydrogen-bond acceptors (Lipinski definition) is 6. The van der Waals surface area contributed by atoms with Gasteiger partial charge in [-0.25, -0.2) is 0 Å². The van der Waals surface area contributed by atoms with Crippen LogP contribution in [0.2, 0.25) is 0 Å². The van der Waals surface area contributed by atoms with Crippen LogP contribution in [0.3, 0.4) is 0 Å². The molecular weight excluding hydrogens is 876 g/mol. The van der Waals surface area contributed by atoms with Crippen LogP contribution in [0.5, 0.6) is 0 Å². The lowest BCUT2D eigenvalue weighted by molar-refractivity contribution is -0.870. The number of nitrogens with zero attached hydrogens (tertiary/aromatic N) is 1. The second kappa shape index (κ2) is 50.9. The fraction of sp³-hybridized carbons (Fsp3) is 0.783. The SMILES string of the molecule is CC/C=C\C/C=C\C/C=C\C/C=C\CCCCCCCCCCCCCCC(=O)NC(COP(=O)([O-])OCC[N+](C)(C)C)C(O)/C=C/CC/C=C/CCCCCCCCCCCCCCCCCC. The average Bonchev–Trinajstić information content (AvgIpc) is 3.31. The van der Waals surface area contributed by atoms with Crippen LogP contribution in [-0.2, 0) is 18.4 Å². The van der Waals surface area contributed by atoms with Crippen molar-refractivity contribution < 1.29 is 32.9 Å². The number of phosphoric acid groups is 1. The van der Waals surface area contributed by atoms with Crippen molar-refractivity contribution in [2.45, 2.75) is 264 Å². The first-order valence-corrected chi connectivity index (χ1v) is 30.3. The van der Waals surface area contributed by atoms with E-state index in [0.29, 0.717) is 17.4 Å². The number of quaternary nitrogens is 1. The van der Waals surface area contributed by atoms with Crippen molar-refractivity contribution in [1.29, 1.82) is 0 Å². The van der Waals surface area contributed by atoms with E-state index in [4.69, 9.17) is 9.05 Å². The van der Waals surface area contributed by atoms with Crippen molar-refractivity contribution in [3.63, 3.8) is 0 Å². The van der Waals surface area contributed by atoms with Gasteiger partial charge in [-0.3, -0.25) is 9.36 Å². The fourth-order valence-corrected chi connectivity index (χ4v) is 8.88. The molecule has 9 heteroatoms. The van der Waals surface area contributed by atoms with Crippen LogP contribution >= 0.6 is 7.82 Å². The van der Waals surface area contributed by atoms with E-state index in [0.717, 1.165) is 64.2 Å². The number of aliphatic hydroxyl groups is 1. The lowest BCUT2D eigenvalue weighted by atomic mass is 10.0. The lowest BCUT2D eigenvalue weighted by Gasteiger charge is -2.29. The quantitative estimate of drug-likeness (QED) is 0.0272. The van der Waals surface area contributed by atoms with Crippen LogP contribution in [0.4, 0.5) is 0 Å². The first-order chi connectivity index (χ1) is 33.5. The summed E-state index contributed by atoms with van der Waals surface area (Å²) in [6, 6.07) is -0.908. The summed E-state index contributed by atoms with van der Waals surface area (Å²) in [6.45, 7) is 4.53. The molecule has 0 aromatic carbocycles. The van der Waals surface area contributed by atoms with Gasteiger partial charge in [0, 0.05) is 6.42 Å². The topological polar surface area (TPSA) is 108 Å². The lowest BCUT2D eigenvalue weighted by Crippen LogP contribution is -2.45. The number of aliphatic hydroxyl groups excluding tert-OH is 1. The molecular formula is C60H111N2O6P. The Balaban J connectivity index is 4.26. The maximum Gasteiger partial charge on any atom is 0.268 e. The first-order valence-electron chi connectivity index (χ1n) is 28.8. The molecule has 402 valence electrons. The number of phosphoric ester groups is 1. The van der Waals surface area contributed by atoms with E-state index >= 15 is 0 Å². The highest BCUT2D eigenvalue weighted by molar-refractivity contribution is 7.45. The molecule has 0 saturated carbocycles. The van der Waals surface area contributed by atoms with Gasteiger partial charge in [-0.15, -0.1) is 0 Å². The Morgan fingerprint density at radius 2 is 0.899 bits per heavy atom. The molecule has 0 saturated heterocycles. The third-order valence-corrected chi connectivity index (χ3v) is 13.6. The van der Waals surface area contributed by atoms with E-state index in [-0.39, 0.29) is 12.5 Å². The molecule has 0 spiro atoms. The second-order valence-electron chi connectivity index (χ2n) is 20.6. The van der Waals surface area contributed by atoms with E-state index in [1.54, 1.807) is 6.08 Å². The van der Waals surface area contributed by atoms with Gasteiger partial charge in [0.2, 0.25) is 5.91 Å². The van der Waals surface area contributed by atoms with Gasteiger partial charge in [-0.1, -0.05) is 247 Å². The summed E-state index contributed by atoms with van der Waals surface area (Å²) in [5.41, 5.74) is 0. The predicted molar refractivity (Wildman–Crippen MR) is 297 cm³/mol. The van der Waals surface area contributed by atoms with Crippen molar-refractivity contribution in [2.24, 2.45) is 0 Å². The van der Waals surface area contributed by atoms with Gasteiger partial charge < -0.3 is 28.8 Å². The Hall–Kier alpha value is -2.06. The van der Waals surface area contributed by atoms with Crippen molar-refractivity contribution >= 4 is 13.7 Å². The number of rotatable bonds is 52. The standard InChI is InChI=1S/C60H111N2O6P/c1-6-8-10-12-14-16-18-20-22-24-26-28-30-31-32-34-36-38-40-42-44-46-48-50-52-54-60(64)61-58(57-68-69(65,66)67-56-55-62(3,4)5)59(63)53-51-49-47-45-43-41-39-37-35-33-29-27-25-23-21-19-17-15-13-11-9-7-2/h8,10,14,16,20,22,26,28,43,45,51,53,58-59,63H,6-7,9,11-13,15,17-19,21,23-25,27,29-42,44,46-50,52,54-57H2,1-5H3,(H-,61,64,65,66)/b10-8-,16-14-,22-20-,28-26-,45-43+,53-51+. The molecule has 0 bridgehead atoms. The third-order valence-electron chi connectivity index (χ3n) is 12.7. The van der Waals surface area contributed by atoms with E-state index in [1.165, 1.54) is 167 Å². The molecule has 3 atom stereocenters. The molecule has 3 unspecified atom stereocenters. The number of unbranched alkanes of at least 4 members (excludes halogenated alkanes) is 29. The molecule has 2 N–H and O–H groups in total. The third kappa shape index (κ3) is 53.6. The van der Waals surface area contributed by atoms with E-state index < -0.39 is 26.6 Å². The van der Waals surface area contributed by atoms with Crippen molar-refractivity contribution in [3.8, 4) is 0 Å². The zero-order valence-electron chi connectivity index (χ0n) is 45.8. The van der Waals surface area contributed by atoms with Gasteiger partial charge in [0.15, 0.2) is 0 Å². The van der Waals surface area contributed by atoms with Crippen LogP contribution < -0.4 is 10.2 Å². The molecule has 0 radical (unpaired) electrons. The Morgan fingerprint density at radius 3 is 1.35 bits per heavy atom. The maximum atomic E-state index is 13.0. The van der Waals surface area contributed by atoms with Crippen LogP contribution in [0.15, 0.2) is 72.9 Å². The minimum atomic E-state index is -4.61. The van der Waals surface area contributed by atoms with Gasteiger partial charge in [-0.2, -0.15) is 0 Å². The Morgan fingerprint density at radius 1 is 0.522 bits per heavy atom.